The predicted octanol–water partition coefficient (Wildman–Crippen LogP) is 3.05. The Morgan fingerprint density at radius 1 is 1.15 bits per heavy atom. The minimum atomic E-state index is 0.202. The van der Waals surface area contributed by atoms with Crippen LogP contribution in [0.2, 0.25) is 0 Å². The number of morpholine rings is 1. The molecule has 3 heteroatoms. The van der Waals surface area contributed by atoms with Crippen LogP contribution in [-0.2, 0) is 4.74 Å². The average molecular weight is 282 g/mol. The van der Waals surface area contributed by atoms with E-state index in [2.05, 4.69) is 31.0 Å². The van der Waals surface area contributed by atoms with Gasteiger partial charge >= 0.3 is 0 Å². The Hall–Kier alpha value is -0.120. The molecule has 1 N–H and O–H groups in total. The Morgan fingerprint density at radius 3 is 2.55 bits per heavy atom. The van der Waals surface area contributed by atoms with E-state index in [1.54, 1.807) is 0 Å². The van der Waals surface area contributed by atoms with Gasteiger partial charge in [-0.05, 0) is 45.1 Å². The highest BCUT2D eigenvalue weighted by Gasteiger charge is 2.39. The first-order chi connectivity index (χ1) is 9.58. The first-order valence-corrected chi connectivity index (χ1v) is 8.62. The van der Waals surface area contributed by atoms with Crippen LogP contribution < -0.4 is 5.32 Å². The van der Waals surface area contributed by atoms with E-state index in [1.807, 2.05) is 0 Å². The van der Waals surface area contributed by atoms with Gasteiger partial charge in [-0.3, -0.25) is 4.90 Å². The van der Waals surface area contributed by atoms with Crippen LogP contribution in [0.5, 0.6) is 0 Å². The molecule has 0 spiro atoms. The molecule has 2 aliphatic rings. The van der Waals surface area contributed by atoms with Crippen molar-refractivity contribution in [2.75, 3.05) is 39.4 Å². The molecule has 1 aliphatic carbocycles. The van der Waals surface area contributed by atoms with Gasteiger partial charge in [0.2, 0.25) is 0 Å². The Bertz CT molecular complexity index is 285. The van der Waals surface area contributed by atoms with Crippen LogP contribution in [0.3, 0.4) is 0 Å². The van der Waals surface area contributed by atoms with Gasteiger partial charge in [-0.1, -0.05) is 26.2 Å². The molecule has 0 aromatic rings. The van der Waals surface area contributed by atoms with Crippen LogP contribution in [0, 0.1) is 5.41 Å². The SMILES string of the molecule is CCCNCC1(CN2CCOCC2(C)C)CCCCC1. The van der Waals surface area contributed by atoms with Crippen molar-refractivity contribution in [2.45, 2.75) is 64.8 Å². The van der Waals surface area contributed by atoms with E-state index in [4.69, 9.17) is 4.74 Å². The highest BCUT2D eigenvalue weighted by Crippen LogP contribution is 2.38. The van der Waals surface area contributed by atoms with Gasteiger partial charge in [-0.15, -0.1) is 0 Å². The Morgan fingerprint density at radius 2 is 1.90 bits per heavy atom. The molecule has 0 bridgehead atoms. The van der Waals surface area contributed by atoms with E-state index in [9.17, 15) is 0 Å². The van der Waals surface area contributed by atoms with E-state index >= 15 is 0 Å². The van der Waals surface area contributed by atoms with E-state index in [0.29, 0.717) is 5.41 Å². The maximum absolute atomic E-state index is 5.68. The van der Waals surface area contributed by atoms with Gasteiger partial charge in [-0.2, -0.15) is 0 Å². The second kappa shape index (κ2) is 7.24. The lowest BCUT2D eigenvalue weighted by Gasteiger charge is -2.49. The molecule has 118 valence electrons. The van der Waals surface area contributed by atoms with Crippen molar-refractivity contribution in [1.29, 1.82) is 0 Å². The van der Waals surface area contributed by atoms with Crippen molar-refractivity contribution < 1.29 is 4.74 Å². The molecule has 0 unspecified atom stereocenters. The zero-order valence-electron chi connectivity index (χ0n) is 13.8. The lowest BCUT2D eigenvalue weighted by atomic mass is 9.73. The van der Waals surface area contributed by atoms with Gasteiger partial charge in [0.1, 0.15) is 0 Å². The molecule has 0 amide bonds. The maximum atomic E-state index is 5.68. The molecule has 2 rings (SSSR count). The van der Waals surface area contributed by atoms with Gasteiger partial charge in [0.05, 0.1) is 13.2 Å². The molecule has 2 fully saturated rings. The van der Waals surface area contributed by atoms with Crippen molar-refractivity contribution in [3.05, 3.63) is 0 Å². The summed E-state index contributed by atoms with van der Waals surface area (Å²) in [6.45, 7) is 13.4. The summed E-state index contributed by atoms with van der Waals surface area (Å²) >= 11 is 0. The molecular weight excluding hydrogens is 248 g/mol. The summed E-state index contributed by atoms with van der Waals surface area (Å²) in [5, 5.41) is 3.70. The Labute approximate surface area is 125 Å². The molecular formula is C17H34N2O. The largest absolute Gasteiger partial charge is 0.378 e. The standard InChI is InChI=1S/C17H34N2O/c1-4-10-18-13-17(8-6-5-7-9-17)14-19-11-12-20-15-16(19,2)3/h18H,4-15H2,1-3H3. The third-order valence-corrected chi connectivity index (χ3v) is 5.18. The fraction of sp³-hybridized carbons (Fsp3) is 1.00. The van der Waals surface area contributed by atoms with Crippen LogP contribution in [0.4, 0.5) is 0 Å². The van der Waals surface area contributed by atoms with E-state index in [1.165, 1.54) is 51.6 Å². The molecule has 3 nitrogen and oxygen atoms in total. The van der Waals surface area contributed by atoms with Crippen molar-refractivity contribution >= 4 is 0 Å². The van der Waals surface area contributed by atoms with Gasteiger partial charge in [0, 0.05) is 25.2 Å². The second-order valence-electron chi connectivity index (χ2n) is 7.52. The van der Waals surface area contributed by atoms with Gasteiger partial charge in [-0.25, -0.2) is 0 Å². The second-order valence-corrected chi connectivity index (χ2v) is 7.52. The number of hydrogen-bond donors (Lipinski definition) is 1. The fourth-order valence-corrected chi connectivity index (χ4v) is 3.81. The summed E-state index contributed by atoms with van der Waals surface area (Å²) < 4.78 is 5.68. The van der Waals surface area contributed by atoms with E-state index in [-0.39, 0.29) is 5.54 Å². The van der Waals surface area contributed by atoms with Crippen LogP contribution in [0.1, 0.15) is 59.3 Å². The lowest BCUT2D eigenvalue weighted by molar-refractivity contribution is -0.0726. The summed E-state index contributed by atoms with van der Waals surface area (Å²) in [7, 11) is 0. The minimum absolute atomic E-state index is 0.202. The zero-order chi connectivity index (χ0) is 14.5. The molecule has 0 radical (unpaired) electrons. The summed E-state index contributed by atoms with van der Waals surface area (Å²) in [5.74, 6) is 0. The number of nitrogens with zero attached hydrogens (tertiary/aromatic N) is 1. The minimum Gasteiger partial charge on any atom is -0.378 e. The summed E-state index contributed by atoms with van der Waals surface area (Å²) in [5.41, 5.74) is 0.704. The lowest BCUT2D eigenvalue weighted by Crippen LogP contribution is -2.57. The Balaban J connectivity index is 1.98. The highest BCUT2D eigenvalue weighted by atomic mass is 16.5. The number of rotatable bonds is 6. The average Bonchev–Trinajstić information content (AvgIpc) is 2.43. The van der Waals surface area contributed by atoms with Crippen LogP contribution >= 0.6 is 0 Å². The monoisotopic (exact) mass is 282 g/mol. The van der Waals surface area contributed by atoms with Crippen molar-refractivity contribution in [2.24, 2.45) is 5.41 Å². The zero-order valence-corrected chi connectivity index (χ0v) is 13.8. The quantitative estimate of drug-likeness (QED) is 0.758. The maximum Gasteiger partial charge on any atom is 0.0645 e. The summed E-state index contributed by atoms with van der Waals surface area (Å²) in [4.78, 5) is 2.69. The van der Waals surface area contributed by atoms with E-state index in [0.717, 1.165) is 26.3 Å². The normalized spacial score (nSPS) is 26.6. The van der Waals surface area contributed by atoms with E-state index < -0.39 is 0 Å². The van der Waals surface area contributed by atoms with Gasteiger partial charge in [0.25, 0.3) is 0 Å². The van der Waals surface area contributed by atoms with Crippen LogP contribution in [-0.4, -0.2) is 49.8 Å². The van der Waals surface area contributed by atoms with Crippen molar-refractivity contribution in [1.82, 2.24) is 10.2 Å². The number of nitrogens with one attached hydrogen (secondary N) is 1. The molecule has 0 atom stereocenters. The Kier molecular flexibility index (Phi) is 5.88. The van der Waals surface area contributed by atoms with Gasteiger partial charge in [0.15, 0.2) is 0 Å². The smallest absolute Gasteiger partial charge is 0.0645 e. The molecule has 20 heavy (non-hydrogen) atoms. The fourth-order valence-electron chi connectivity index (χ4n) is 3.81. The number of ether oxygens (including phenoxy) is 1. The summed E-state index contributed by atoms with van der Waals surface area (Å²) in [6.07, 6.45) is 8.30. The molecule has 1 saturated carbocycles. The van der Waals surface area contributed by atoms with Crippen molar-refractivity contribution in [3.63, 3.8) is 0 Å². The molecule has 1 aliphatic heterocycles. The molecule has 0 aromatic carbocycles. The van der Waals surface area contributed by atoms with Crippen molar-refractivity contribution in [3.8, 4) is 0 Å². The third kappa shape index (κ3) is 4.19. The topological polar surface area (TPSA) is 24.5 Å². The van der Waals surface area contributed by atoms with Crippen LogP contribution in [0.15, 0.2) is 0 Å². The third-order valence-electron chi connectivity index (χ3n) is 5.18. The molecule has 1 heterocycles. The predicted molar refractivity (Wildman–Crippen MR) is 85.1 cm³/mol. The molecule has 0 aromatic heterocycles. The highest BCUT2D eigenvalue weighted by molar-refractivity contribution is 4.93. The first-order valence-electron chi connectivity index (χ1n) is 8.62. The summed E-state index contributed by atoms with van der Waals surface area (Å²) in [6, 6.07) is 0. The number of hydrogen-bond acceptors (Lipinski definition) is 3. The van der Waals surface area contributed by atoms with Crippen LogP contribution in [0.25, 0.3) is 0 Å². The first kappa shape index (κ1) is 16.3. The van der Waals surface area contributed by atoms with Gasteiger partial charge < -0.3 is 10.1 Å². The molecule has 1 saturated heterocycles.